The molecule has 3 heterocycles. The van der Waals surface area contributed by atoms with Gasteiger partial charge in [0.25, 0.3) is 0 Å². The van der Waals surface area contributed by atoms with Crippen molar-refractivity contribution in [3.63, 3.8) is 0 Å². The number of hydrogen-bond donors (Lipinski definition) is 1. The van der Waals surface area contributed by atoms with E-state index >= 15 is 0 Å². The van der Waals surface area contributed by atoms with Gasteiger partial charge in [-0.2, -0.15) is 0 Å². The number of piperazine rings is 1. The normalized spacial score (nSPS) is 25.0. The Kier molecular flexibility index (Phi) is 5.58. The second-order valence-electron chi connectivity index (χ2n) is 7.95. The zero-order valence-electron chi connectivity index (χ0n) is 15.6. The maximum absolute atomic E-state index is 12.5. The first-order valence-electron chi connectivity index (χ1n) is 10.2. The Balaban J connectivity index is 1.18. The smallest absolute Gasteiger partial charge is 0.317 e. The molecule has 1 aromatic heterocycles. The molecule has 0 bridgehead atoms. The van der Waals surface area contributed by atoms with Crippen LogP contribution in [0.3, 0.4) is 0 Å². The molecule has 1 atom stereocenters. The lowest BCUT2D eigenvalue weighted by molar-refractivity contribution is 0.191. The van der Waals surface area contributed by atoms with E-state index in [4.69, 9.17) is 0 Å². The third kappa shape index (κ3) is 4.11. The van der Waals surface area contributed by atoms with Crippen molar-refractivity contribution in [1.82, 2.24) is 20.1 Å². The number of pyridine rings is 1. The van der Waals surface area contributed by atoms with Crippen molar-refractivity contribution in [2.75, 3.05) is 50.7 Å². The van der Waals surface area contributed by atoms with Crippen LogP contribution < -0.4 is 10.2 Å². The molecular weight excluding hydrogens is 326 g/mol. The highest BCUT2D eigenvalue weighted by Crippen LogP contribution is 2.28. The number of urea groups is 1. The predicted octanol–water partition coefficient (Wildman–Crippen LogP) is 2.18. The van der Waals surface area contributed by atoms with Crippen molar-refractivity contribution in [3.8, 4) is 0 Å². The number of nitrogens with zero attached hydrogens (tertiary/aromatic N) is 4. The van der Waals surface area contributed by atoms with Crippen LogP contribution in [0, 0.1) is 5.92 Å². The molecule has 3 fully saturated rings. The van der Waals surface area contributed by atoms with Gasteiger partial charge >= 0.3 is 6.03 Å². The van der Waals surface area contributed by atoms with Gasteiger partial charge in [-0.25, -0.2) is 4.79 Å². The number of aromatic nitrogens is 1. The van der Waals surface area contributed by atoms with Crippen molar-refractivity contribution in [2.45, 2.75) is 38.1 Å². The molecule has 1 unspecified atom stereocenters. The summed E-state index contributed by atoms with van der Waals surface area (Å²) in [5.41, 5.74) is 1.19. The van der Waals surface area contributed by atoms with Crippen LogP contribution >= 0.6 is 0 Å². The SMILES string of the molecule is O=C(NCC1CCN(C2CCCC2)C1)N1CCN(c2ccncc2)CC1. The molecule has 26 heavy (non-hydrogen) atoms. The molecular formula is C20H31N5O. The van der Waals surface area contributed by atoms with Gasteiger partial charge in [-0.15, -0.1) is 0 Å². The molecule has 1 aliphatic carbocycles. The summed E-state index contributed by atoms with van der Waals surface area (Å²) in [5.74, 6) is 0.623. The second kappa shape index (κ2) is 8.25. The van der Waals surface area contributed by atoms with Gasteiger partial charge in [0, 0.05) is 63.4 Å². The number of rotatable bonds is 4. The molecule has 4 rings (SSSR count). The third-order valence-electron chi connectivity index (χ3n) is 6.30. The molecule has 1 aromatic rings. The lowest BCUT2D eigenvalue weighted by Gasteiger charge is -2.36. The van der Waals surface area contributed by atoms with E-state index in [2.05, 4.69) is 20.1 Å². The quantitative estimate of drug-likeness (QED) is 0.897. The van der Waals surface area contributed by atoms with E-state index in [1.807, 2.05) is 29.4 Å². The van der Waals surface area contributed by atoms with Crippen LogP contribution in [0.5, 0.6) is 0 Å². The standard InChI is InChI=1S/C20H31N5O/c26-20(22-15-17-7-10-25(16-17)18-3-1-2-4-18)24-13-11-23(12-14-24)19-5-8-21-9-6-19/h5-6,8-9,17-18H,1-4,7,10-16H2,(H,22,26). The number of likely N-dealkylation sites (tertiary alicyclic amines) is 1. The number of anilines is 1. The number of carbonyl (C=O) groups is 1. The van der Waals surface area contributed by atoms with Crippen LogP contribution in [0.25, 0.3) is 0 Å². The number of hydrogen-bond acceptors (Lipinski definition) is 4. The summed E-state index contributed by atoms with van der Waals surface area (Å²) in [6.45, 7) is 6.55. The largest absolute Gasteiger partial charge is 0.368 e. The van der Waals surface area contributed by atoms with Crippen molar-refractivity contribution in [2.24, 2.45) is 5.92 Å². The summed E-state index contributed by atoms with van der Waals surface area (Å²) in [5, 5.41) is 3.19. The molecule has 0 radical (unpaired) electrons. The van der Waals surface area contributed by atoms with Gasteiger partial charge in [-0.05, 0) is 43.9 Å². The van der Waals surface area contributed by atoms with Crippen LogP contribution in [-0.4, -0.2) is 72.7 Å². The molecule has 142 valence electrons. The first kappa shape index (κ1) is 17.6. The van der Waals surface area contributed by atoms with E-state index < -0.39 is 0 Å². The summed E-state index contributed by atoms with van der Waals surface area (Å²) >= 11 is 0. The molecule has 2 aliphatic heterocycles. The fraction of sp³-hybridized carbons (Fsp3) is 0.700. The Hall–Kier alpha value is -1.82. The molecule has 2 amide bonds. The van der Waals surface area contributed by atoms with Crippen LogP contribution in [0.2, 0.25) is 0 Å². The van der Waals surface area contributed by atoms with E-state index in [-0.39, 0.29) is 6.03 Å². The highest BCUT2D eigenvalue weighted by Gasteiger charge is 2.30. The van der Waals surface area contributed by atoms with Crippen LogP contribution in [-0.2, 0) is 0 Å². The van der Waals surface area contributed by atoms with Gasteiger partial charge in [0.2, 0.25) is 0 Å². The van der Waals surface area contributed by atoms with E-state index in [1.165, 1.54) is 50.9 Å². The summed E-state index contributed by atoms with van der Waals surface area (Å²) in [4.78, 5) is 23.5. The van der Waals surface area contributed by atoms with Crippen LogP contribution in [0.4, 0.5) is 10.5 Å². The maximum Gasteiger partial charge on any atom is 0.317 e. The molecule has 1 saturated carbocycles. The van der Waals surface area contributed by atoms with E-state index in [9.17, 15) is 4.79 Å². The molecule has 2 saturated heterocycles. The molecule has 6 nitrogen and oxygen atoms in total. The van der Waals surface area contributed by atoms with Gasteiger partial charge in [-0.1, -0.05) is 12.8 Å². The van der Waals surface area contributed by atoms with E-state index in [1.54, 1.807) is 0 Å². The lowest BCUT2D eigenvalue weighted by Crippen LogP contribution is -2.52. The summed E-state index contributed by atoms with van der Waals surface area (Å²) in [6.07, 6.45) is 10.4. The Morgan fingerprint density at radius 3 is 2.50 bits per heavy atom. The number of amides is 2. The highest BCUT2D eigenvalue weighted by molar-refractivity contribution is 5.74. The average molecular weight is 358 g/mol. The third-order valence-corrected chi connectivity index (χ3v) is 6.30. The van der Waals surface area contributed by atoms with Crippen LogP contribution in [0.1, 0.15) is 32.1 Å². The van der Waals surface area contributed by atoms with Crippen molar-refractivity contribution < 1.29 is 4.79 Å². The Bertz CT molecular complexity index is 581. The minimum Gasteiger partial charge on any atom is -0.368 e. The van der Waals surface area contributed by atoms with Crippen molar-refractivity contribution in [3.05, 3.63) is 24.5 Å². The first-order chi connectivity index (χ1) is 12.8. The second-order valence-corrected chi connectivity index (χ2v) is 7.95. The fourth-order valence-corrected chi connectivity index (χ4v) is 4.70. The Labute approximate surface area is 156 Å². The molecule has 6 heteroatoms. The van der Waals surface area contributed by atoms with E-state index in [0.717, 1.165) is 38.8 Å². The maximum atomic E-state index is 12.5. The number of nitrogens with one attached hydrogen (secondary N) is 1. The Morgan fingerprint density at radius 1 is 1.04 bits per heavy atom. The molecule has 0 aromatic carbocycles. The van der Waals surface area contributed by atoms with Crippen LogP contribution in [0.15, 0.2) is 24.5 Å². The van der Waals surface area contributed by atoms with Gasteiger partial charge < -0.3 is 20.0 Å². The topological polar surface area (TPSA) is 51.7 Å². The van der Waals surface area contributed by atoms with E-state index in [0.29, 0.717) is 5.92 Å². The van der Waals surface area contributed by atoms with Gasteiger partial charge in [0.15, 0.2) is 0 Å². The summed E-state index contributed by atoms with van der Waals surface area (Å²) in [6, 6.07) is 4.99. The molecule has 0 spiro atoms. The van der Waals surface area contributed by atoms with Crippen molar-refractivity contribution >= 4 is 11.7 Å². The minimum absolute atomic E-state index is 0.110. The summed E-state index contributed by atoms with van der Waals surface area (Å²) in [7, 11) is 0. The van der Waals surface area contributed by atoms with Gasteiger partial charge in [0.1, 0.15) is 0 Å². The molecule has 1 N–H and O–H groups in total. The number of carbonyl (C=O) groups excluding carboxylic acids is 1. The first-order valence-corrected chi connectivity index (χ1v) is 10.2. The predicted molar refractivity (Wildman–Crippen MR) is 103 cm³/mol. The highest BCUT2D eigenvalue weighted by atomic mass is 16.2. The fourth-order valence-electron chi connectivity index (χ4n) is 4.70. The monoisotopic (exact) mass is 357 g/mol. The average Bonchev–Trinajstić information content (AvgIpc) is 3.38. The molecule has 3 aliphatic rings. The zero-order chi connectivity index (χ0) is 17.8. The Morgan fingerprint density at radius 2 is 1.77 bits per heavy atom. The zero-order valence-corrected chi connectivity index (χ0v) is 15.6. The lowest BCUT2D eigenvalue weighted by atomic mass is 10.1. The summed E-state index contributed by atoms with van der Waals surface area (Å²) < 4.78 is 0. The van der Waals surface area contributed by atoms with Crippen molar-refractivity contribution in [1.29, 1.82) is 0 Å². The minimum atomic E-state index is 0.110. The van der Waals surface area contributed by atoms with Gasteiger partial charge in [0.05, 0.1) is 0 Å². The van der Waals surface area contributed by atoms with Gasteiger partial charge in [-0.3, -0.25) is 4.98 Å².